The number of benzene rings is 1. The highest BCUT2D eigenvalue weighted by Crippen LogP contribution is 2.19. The number of piperidine rings is 1. The Morgan fingerprint density at radius 1 is 1.17 bits per heavy atom. The molecule has 0 N–H and O–H groups in total. The van der Waals surface area contributed by atoms with Gasteiger partial charge >= 0.3 is 0 Å². The number of nitrogens with zero attached hydrogens (tertiary/aromatic N) is 2. The topological polar surface area (TPSA) is 32.8 Å². The van der Waals surface area contributed by atoms with Gasteiger partial charge in [0.05, 0.1) is 13.2 Å². The summed E-state index contributed by atoms with van der Waals surface area (Å²) in [6.07, 6.45) is 3.50. The lowest BCUT2D eigenvalue weighted by atomic mass is 9.96. The Labute approximate surface area is 143 Å². The smallest absolute Gasteiger partial charge is 0.222 e. The van der Waals surface area contributed by atoms with E-state index in [0.717, 1.165) is 57.9 Å². The molecule has 0 spiro atoms. The Hall–Kier alpha value is -1.46. The first-order chi connectivity index (χ1) is 11.7. The summed E-state index contributed by atoms with van der Waals surface area (Å²) >= 11 is 0. The van der Waals surface area contributed by atoms with Crippen LogP contribution in [0.15, 0.2) is 24.3 Å². The molecule has 2 heterocycles. The van der Waals surface area contributed by atoms with Crippen molar-refractivity contribution in [2.45, 2.75) is 25.7 Å². The molecule has 2 aliphatic heterocycles. The Morgan fingerprint density at radius 2 is 1.92 bits per heavy atom. The highest BCUT2D eigenvalue weighted by molar-refractivity contribution is 5.76. The lowest BCUT2D eigenvalue weighted by Gasteiger charge is -2.36. The Kier molecular flexibility index (Phi) is 6.21. The van der Waals surface area contributed by atoms with Gasteiger partial charge in [-0.2, -0.15) is 0 Å². The number of hydrogen-bond acceptors (Lipinski definition) is 3. The van der Waals surface area contributed by atoms with Crippen LogP contribution in [0.2, 0.25) is 0 Å². The van der Waals surface area contributed by atoms with Crippen LogP contribution in [0.5, 0.6) is 0 Å². The van der Waals surface area contributed by atoms with E-state index in [4.69, 9.17) is 4.74 Å². The quantitative estimate of drug-likeness (QED) is 0.828. The maximum atomic E-state index is 12.9. The van der Waals surface area contributed by atoms with Crippen LogP contribution >= 0.6 is 0 Å². The number of carbonyl (C=O) groups is 1. The monoisotopic (exact) mass is 334 g/mol. The third-order valence-electron chi connectivity index (χ3n) is 5.03. The zero-order valence-corrected chi connectivity index (χ0v) is 14.3. The Balaban J connectivity index is 1.44. The van der Waals surface area contributed by atoms with E-state index in [2.05, 4.69) is 4.90 Å². The van der Waals surface area contributed by atoms with Gasteiger partial charge in [0.25, 0.3) is 0 Å². The van der Waals surface area contributed by atoms with Crippen molar-refractivity contribution in [1.82, 2.24) is 9.80 Å². The van der Waals surface area contributed by atoms with Crippen LogP contribution in [0, 0.1) is 11.7 Å². The summed E-state index contributed by atoms with van der Waals surface area (Å²) in [5.74, 6) is 0.574. The standard InChI is InChI=1S/C19H27FN2O2/c20-18-6-3-16(4-7-18)5-8-19(23)22-9-1-2-17(15-22)14-21-10-12-24-13-11-21/h3-4,6-7,17H,1-2,5,8-15H2/t17-/m1/s1. The minimum Gasteiger partial charge on any atom is -0.379 e. The molecule has 0 saturated carbocycles. The van der Waals surface area contributed by atoms with Crippen molar-refractivity contribution in [3.8, 4) is 0 Å². The number of hydrogen-bond donors (Lipinski definition) is 0. The summed E-state index contributed by atoms with van der Waals surface area (Å²) in [4.78, 5) is 17.0. The van der Waals surface area contributed by atoms with Gasteiger partial charge in [0, 0.05) is 39.1 Å². The van der Waals surface area contributed by atoms with E-state index in [1.54, 1.807) is 12.1 Å². The van der Waals surface area contributed by atoms with Gasteiger partial charge in [-0.1, -0.05) is 12.1 Å². The van der Waals surface area contributed by atoms with Gasteiger partial charge < -0.3 is 9.64 Å². The lowest BCUT2D eigenvalue weighted by Crippen LogP contribution is -2.46. The number of rotatable bonds is 5. The minimum atomic E-state index is -0.230. The number of amides is 1. The summed E-state index contributed by atoms with van der Waals surface area (Å²) in [7, 11) is 0. The maximum Gasteiger partial charge on any atom is 0.222 e. The first kappa shape index (κ1) is 17.4. The van der Waals surface area contributed by atoms with E-state index >= 15 is 0 Å². The third kappa shape index (κ3) is 5.02. The van der Waals surface area contributed by atoms with E-state index < -0.39 is 0 Å². The largest absolute Gasteiger partial charge is 0.379 e. The van der Waals surface area contributed by atoms with Crippen LogP contribution in [0.25, 0.3) is 0 Å². The summed E-state index contributed by atoms with van der Waals surface area (Å²) in [5.41, 5.74) is 1.02. The molecule has 1 amide bonds. The predicted octanol–water partition coefficient (Wildman–Crippen LogP) is 2.33. The van der Waals surface area contributed by atoms with Gasteiger partial charge in [0.2, 0.25) is 5.91 Å². The van der Waals surface area contributed by atoms with Crippen LogP contribution in [0.4, 0.5) is 4.39 Å². The molecule has 2 saturated heterocycles. The molecule has 4 nitrogen and oxygen atoms in total. The van der Waals surface area contributed by atoms with Crippen molar-refractivity contribution in [3.63, 3.8) is 0 Å². The van der Waals surface area contributed by atoms with Crippen molar-refractivity contribution in [3.05, 3.63) is 35.6 Å². The molecule has 0 aliphatic carbocycles. The molecule has 0 unspecified atom stereocenters. The van der Waals surface area contributed by atoms with Crippen LogP contribution in [0.3, 0.4) is 0 Å². The SMILES string of the molecule is O=C(CCc1ccc(F)cc1)N1CCC[C@H](CN2CCOCC2)C1. The summed E-state index contributed by atoms with van der Waals surface area (Å²) in [5, 5.41) is 0. The van der Waals surface area contributed by atoms with Crippen LogP contribution in [-0.4, -0.2) is 61.6 Å². The second-order valence-corrected chi connectivity index (χ2v) is 6.89. The molecule has 24 heavy (non-hydrogen) atoms. The molecule has 0 bridgehead atoms. The molecule has 2 aliphatic rings. The zero-order chi connectivity index (χ0) is 16.8. The molecule has 132 valence electrons. The van der Waals surface area contributed by atoms with E-state index in [9.17, 15) is 9.18 Å². The minimum absolute atomic E-state index is 0.228. The zero-order valence-electron chi connectivity index (χ0n) is 14.3. The first-order valence-electron chi connectivity index (χ1n) is 9.03. The summed E-state index contributed by atoms with van der Waals surface area (Å²) < 4.78 is 18.3. The fourth-order valence-corrected chi connectivity index (χ4v) is 3.65. The number of morpholine rings is 1. The van der Waals surface area contributed by atoms with Gasteiger partial charge in [-0.05, 0) is 42.9 Å². The van der Waals surface area contributed by atoms with E-state index in [1.165, 1.54) is 18.6 Å². The molecule has 0 radical (unpaired) electrons. The Bertz CT molecular complexity index is 529. The highest BCUT2D eigenvalue weighted by atomic mass is 19.1. The number of ether oxygens (including phenoxy) is 1. The summed E-state index contributed by atoms with van der Waals surface area (Å²) in [6, 6.07) is 6.44. The molecule has 1 aromatic rings. The predicted molar refractivity (Wildman–Crippen MR) is 91.3 cm³/mol. The lowest BCUT2D eigenvalue weighted by molar-refractivity contribution is -0.133. The fourth-order valence-electron chi connectivity index (χ4n) is 3.65. The molecule has 1 aromatic carbocycles. The van der Waals surface area contributed by atoms with Crippen LogP contribution in [0.1, 0.15) is 24.8 Å². The molecule has 1 atom stereocenters. The second kappa shape index (κ2) is 8.58. The molecule has 5 heteroatoms. The second-order valence-electron chi connectivity index (χ2n) is 6.89. The number of likely N-dealkylation sites (tertiary alicyclic amines) is 1. The van der Waals surface area contributed by atoms with E-state index in [0.29, 0.717) is 18.8 Å². The van der Waals surface area contributed by atoms with E-state index in [1.807, 2.05) is 4.90 Å². The van der Waals surface area contributed by atoms with Gasteiger partial charge in [0.15, 0.2) is 0 Å². The maximum absolute atomic E-state index is 12.9. The van der Waals surface area contributed by atoms with Crippen molar-refractivity contribution >= 4 is 5.91 Å². The molecule has 2 fully saturated rings. The molecular formula is C19H27FN2O2. The molecule has 3 rings (SSSR count). The average molecular weight is 334 g/mol. The van der Waals surface area contributed by atoms with Gasteiger partial charge in [-0.3, -0.25) is 9.69 Å². The van der Waals surface area contributed by atoms with Crippen molar-refractivity contribution < 1.29 is 13.9 Å². The van der Waals surface area contributed by atoms with Crippen molar-refractivity contribution in [1.29, 1.82) is 0 Å². The Morgan fingerprint density at radius 3 is 2.67 bits per heavy atom. The normalized spacial score (nSPS) is 22.5. The van der Waals surface area contributed by atoms with Gasteiger partial charge in [-0.25, -0.2) is 4.39 Å². The number of aryl methyl sites for hydroxylation is 1. The number of carbonyl (C=O) groups excluding carboxylic acids is 1. The van der Waals surface area contributed by atoms with Gasteiger partial charge in [0.1, 0.15) is 5.82 Å². The van der Waals surface area contributed by atoms with Gasteiger partial charge in [-0.15, -0.1) is 0 Å². The number of halogens is 1. The molecular weight excluding hydrogens is 307 g/mol. The average Bonchev–Trinajstić information content (AvgIpc) is 2.62. The summed E-state index contributed by atoms with van der Waals surface area (Å²) in [6.45, 7) is 6.50. The van der Waals surface area contributed by atoms with Crippen molar-refractivity contribution in [2.75, 3.05) is 45.9 Å². The third-order valence-corrected chi connectivity index (χ3v) is 5.03. The highest BCUT2D eigenvalue weighted by Gasteiger charge is 2.25. The van der Waals surface area contributed by atoms with E-state index in [-0.39, 0.29) is 11.7 Å². The van der Waals surface area contributed by atoms with Crippen LogP contribution in [-0.2, 0) is 16.0 Å². The molecule has 0 aromatic heterocycles. The van der Waals surface area contributed by atoms with Crippen LogP contribution < -0.4 is 0 Å². The van der Waals surface area contributed by atoms with Crippen molar-refractivity contribution in [2.24, 2.45) is 5.92 Å². The fraction of sp³-hybridized carbons (Fsp3) is 0.632. The first-order valence-corrected chi connectivity index (χ1v) is 9.03.